The molecule has 2 rings (SSSR count). The number of rotatable bonds is 5. The number of esters is 1. The van der Waals surface area contributed by atoms with Gasteiger partial charge in [0.2, 0.25) is 0 Å². The van der Waals surface area contributed by atoms with Crippen LogP contribution in [-0.4, -0.2) is 42.0 Å². The van der Waals surface area contributed by atoms with Crippen molar-refractivity contribution < 1.29 is 14.3 Å². The molecule has 25 heavy (non-hydrogen) atoms. The monoisotopic (exact) mass is 358 g/mol. The predicted octanol–water partition coefficient (Wildman–Crippen LogP) is 3.48. The number of aryl methyl sites for hydroxylation is 2. The quantitative estimate of drug-likeness (QED) is 0.766. The molecule has 0 bridgehead atoms. The standard InChI is InChI=1S/C19H22N2O3S/c1-12-8-9-15(11-13(12)2)25-17-16(7-6-10-20-17)19(23)24-14(3)18(22)21(4)5/h6-11,14H,1-5H3/t14-/m1/s1. The zero-order chi connectivity index (χ0) is 18.6. The first-order valence-corrected chi connectivity index (χ1v) is 8.73. The lowest BCUT2D eigenvalue weighted by molar-refractivity contribution is -0.137. The van der Waals surface area contributed by atoms with Crippen LogP contribution >= 0.6 is 11.8 Å². The van der Waals surface area contributed by atoms with Gasteiger partial charge in [0.05, 0.1) is 5.56 Å². The number of carbonyl (C=O) groups excluding carboxylic acids is 2. The number of benzene rings is 1. The van der Waals surface area contributed by atoms with Gasteiger partial charge in [-0.2, -0.15) is 0 Å². The molecule has 0 fully saturated rings. The van der Waals surface area contributed by atoms with Gasteiger partial charge in [-0.05, 0) is 56.2 Å². The number of nitrogens with zero attached hydrogens (tertiary/aromatic N) is 2. The molecule has 0 radical (unpaired) electrons. The van der Waals surface area contributed by atoms with Crippen molar-refractivity contribution in [3.63, 3.8) is 0 Å². The predicted molar refractivity (Wildman–Crippen MR) is 97.8 cm³/mol. The summed E-state index contributed by atoms with van der Waals surface area (Å²) < 4.78 is 5.30. The highest BCUT2D eigenvalue weighted by molar-refractivity contribution is 7.99. The van der Waals surface area contributed by atoms with E-state index in [9.17, 15) is 9.59 Å². The Kier molecular flexibility index (Phi) is 6.20. The van der Waals surface area contributed by atoms with Gasteiger partial charge in [0.15, 0.2) is 6.10 Å². The fraction of sp³-hybridized carbons (Fsp3) is 0.316. The molecule has 2 aromatic rings. The van der Waals surface area contributed by atoms with Crippen LogP contribution in [0.2, 0.25) is 0 Å². The zero-order valence-electron chi connectivity index (χ0n) is 15.1. The molecule has 132 valence electrons. The van der Waals surface area contributed by atoms with Crippen LogP contribution in [0.3, 0.4) is 0 Å². The Morgan fingerprint density at radius 3 is 2.52 bits per heavy atom. The lowest BCUT2D eigenvalue weighted by atomic mass is 10.1. The Hall–Kier alpha value is -2.34. The van der Waals surface area contributed by atoms with Crippen molar-refractivity contribution in [2.75, 3.05) is 14.1 Å². The van der Waals surface area contributed by atoms with Crippen LogP contribution in [0, 0.1) is 13.8 Å². The van der Waals surface area contributed by atoms with E-state index in [0.717, 1.165) is 4.90 Å². The largest absolute Gasteiger partial charge is 0.449 e. The highest BCUT2D eigenvalue weighted by atomic mass is 32.2. The van der Waals surface area contributed by atoms with Gasteiger partial charge in [0.25, 0.3) is 5.91 Å². The highest BCUT2D eigenvalue weighted by Crippen LogP contribution is 2.30. The highest BCUT2D eigenvalue weighted by Gasteiger charge is 2.22. The van der Waals surface area contributed by atoms with Crippen molar-refractivity contribution in [2.45, 2.75) is 36.8 Å². The van der Waals surface area contributed by atoms with Crippen molar-refractivity contribution in [1.82, 2.24) is 9.88 Å². The summed E-state index contributed by atoms with van der Waals surface area (Å²) in [4.78, 5) is 31.0. The first-order chi connectivity index (χ1) is 11.8. The number of likely N-dealkylation sites (N-methyl/N-ethyl adjacent to an activating group) is 1. The van der Waals surface area contributed by atoms with Crippen LogP contribution in [0.5, 0.6) is 0 Å². The molecule has 0 aliphatic heterocycles. The van der Waals surface area contributed by atoms with Crippen LogP contribution in [-0.2, 0) is 9.53 Å². The third-order valence-electron chi connectivity index (χ3n) is 3.76. The van der Waals surface area contributed by atoms with Crippen LogP contribution in [0.15, 0.2) is 46.5 Å². The molecule has 0 saturated carbocycles. The minimum Gasteiger partial charge on any atom is -0.449 e. The van der Waals surface area contributed by atoms with Crippen molar-refractivity contribution in [2.24, 2.45) is 0 Å². The third-order valence-corrected chi connectivity index (χ3v) is 4.76. The topological polar surface area (TPSA) is 59.5 Å². The first-order valence-electron chi connectivity index (χ1n) is 7.92. The van der Waals surface area contributed by atoms with E-state index in [-0.39, 0.29) is 5.91 Å². The molecule has 6 heteroatoms. The summed E-state index contributed by atoms with van der Waals surface area (Å²) in [6, 6.07) is 9.43. The number of carbonyl (C=O) groups is 2. The third kappa shape index (κ3) is 4.82. The maximum Gasteiger partial charge on any atom is 0.341 e. The Bertz CT molecular complexity index is 790. The molecule has 1 heterocycles. The summed E-state index contributed by atoms with van der Waals surface area (Å²) >= 11 is 1.40. The lowest BCUT2D eigenvalue weighted by Gasteiger charge is -2.17. The van der Waals surface area contributed by atoms with Crippen molar-refractivity contribution in [3.05, 3.63) is 53.2 Å². The van der Waals surface area contributed by atoms with Gasteiger partial charge >= 0.3 is 5.97 Å². The number of pyridine rings is 1. The van der Waals surface area contributed by atoms with E-state index in [2.05, 4.69) is 18.0 Å². The van der Waals surface area contributed by atoms with Crippen molar-refractivity contribution in [1.29, 1.82) is 0 Å². The molecular formula is C19H22N2O3S. The van der Waals surface area contributed by atoms with E-state index in [1.807, 2.05) is 19.1 Å². The van der Waals surface area contributed by atoms with Crippen molar-refractivity contribution in [3.8, 4) is 0 Å². The van der Waals surface area contributed by atoms with E-state index in [4.69, 9.17) is 4.74 Å². The maximum absolute atomic E-state index is 12.5. The molecule has 1 amide bonds. The van der Waals surface area contributed by atoms with Gasteiger partial charge in [0.1, 0.15) is 5.03 Å². The van der Waals surface area contributed by atoms with Gasteiger partial charge in [-0.15, -0.1) is 0 Å². The molecular weight excluding hydrogens is 336 g/mol. The zero-order valence-corrected chi connectivity index (χ0v) is 15.9. The Morgan fingerprint density at radius 1 is 1.16 bits per heavy atom. The molecule has 1 aromatic carbocycles. The summed E-state index contributed by atoms with van der Waals surface area (Å²) in [5, 5.41) is 0.556. The Morgan fingerprint density at radius 2 is 1.88 bits per heavy atom. The second kappa shape index (κ2) is 8.16. The minimum absolute atomic E-state index is 0.263. The normalized spacial score (nSPS) is 11.7. The Labute approximate surface area is 152 Å². The van der Waals surface area contributed by atoms with Gasteiger partial charge in [-0.1, -0.05) is 17.8 Å². The summed E-state index contributed by atoms with van der Waals surface area (Å²) in [6.07, 6.45) is 0.788. The lowest BCUT2D eigenvalue weighted by Crippen LogP contribution is -2.35. The number of hydrogen-bond acceptors (Lipinski definition) is 5. The summed E-state index contributed by atoms with van der Waals surface area (Å²) in [6.45, 7) is 5.66. The second-order valence-electron chi connectivity index (χ2n) is 5.98. The minimum atomic E-state index is -0.845. The van der Waals surface area contributed by atoms with Crippen LogP contribution < -0.4 is 0 Å². The van der Waals surface area contributed by atoms with Crippen molar-refractivity contribution >= 4 is 23.6 Å². The van der Waals surface area contributed by atoms with Gasteiger partial charge in [-0.25, -0.2) is 9.78 Å². The molecule has 0 spiro atoms. The molecule has 0 aliphatic carbocycles. The molecule has 1 aromatic heterocycles. The summed E-state index contributed by atoms with van der Waals surface area (Å²) in [7, 11) is 3.25. The van der Waals surface area contributed by atoms with E-state index in [0.29, 0.717) is 10.6 Å². The molecule has 0 N–H and O–H groups in total. The first kappa shape index (κ1) is 19.0. The SMILES string of the molecule is Cc1ccc(Sc2ncccc2C(=O)O[C@H](C)C(=O)N(C)C)cc1C. The molecule has 5 nitrogen and oxygen atoms in total. The molecule has 1 atom stereocenters. The fourth-order valence-electron chi connectivity index (χ4n) is 2.15. The van der Waals surface area contributed by atoms with E-state index < -0.39 is 12.1 Å². The smallest absolute Gasteiger partial charge is 0.341 e. The maximum atomic E-state index is 12.5. The second-order valence-corrected chi connectivity index (χ2v) is 7.05. The molecule has 0 unspecified atom stereocenters. The summed E-state index contributed by atoms with van der Waals surface area (Å²) in [5.41, 5.74) is 2.74. The average molecular weight is 358 g/mol. The van der Waals surface area contributed by atoms with Gasteiger partial charge in [-0.3, -0.25) is 4.79 Å². The summed E-state index contributed by atoms with van der Waals surface area (Å²) in [5.74, 6) is -0.817. The van der Waals surface area contributed by atoms with Crippen LogP contribution in [0.4, 0.5) is 0 Å². The number of hydrogen-bond donors (Lipinski definition) is 0. The number of aromatic nitrogens is 1. The number of ether oxygens (including phenoxy) is 1. The van der Waals surface area contributed by atoms with E-state index in [1.54, 1.807) is 39.3 Å². The van der Waals surface area contributed by atoms with E-state index in [1.165, 1.54) is 27.8 Å². The molecule has 0 saturated heterocycles. The van der Waals surface area contributed by atoms with Gasteiger partial charge in [0, 0.05) is 25.2 Å². The van der Waals surface area contributed by atoms with Crippen LogP contribution in [0.25, 0.3) is 0 Å². The van der Waals surface area contributed by atoms with E-state index >= 15 is 0 Å². The number of amides is 1. The molecule has 0 aliphatic rings. The van der Waals surface area contributed by atoms with Gasteiger partial charge < -0.3 is 9.64 Å². The Balaban J connectivity index is 2.21. The van der Waals surface area contributed by atoms with Crippen LogP contribution in [0.1, 0.15) is 28.4 Å². The average Bonchev–Trinajstić information content (AvgIpc) is 2.57. The fourth-order valence-corrected chi connectivity index (χ4v) is 3.12.